The summed E-state index contributed by atoms with van der Waals surface area (Å²) < 4.78 is 0. The van der Waals surface area contributed by atoms with Crippen molar-refractivity contribution in [3.63, 3.8) is 0 Å². The summed E-state index contributed by atoms with van der Waals surface area (Å²) in [5, 5.41) is 5.86. The van der Waals surface area contributed by atoms with Gasteiger partial charge in [-0.25, -0.2) is 0 Å². The molecule has 4 nitrogen and oxygen atoms in total. The van der Waals surface area contributed by atoms with Gasteiger partial charge in [-0.1, -0.05) is 0 Å². The summed E-state index contributed by atoms with van der Waals surface area (Å²) in [6.45, 7) is 5.38. The van der Waals surface area contributed by atoms with Crippen molar-refractivity contribution in [2.24, 2.45) is 23.2 Å². The Kier molecular flexibility index (Phi) is 3.74. The summed E-state index contributed by atoms with van der Waals surface area (Å²) in [5.74, 6) is 2.48. The minimum Gasteiger partial charge on any atom is -0.351 e. The van der Waals surface area contributed by atoms with Gasteiger partial charge in [0.15, 0.2) is 0 Å². The molecule has 0 aromatic carbocycles. The molecule has 2 unspecified atom stereocenters. The minimum absolute atomic E-state index is 0.0477. The third-order valence-electron chi connectivity index (χ3n) is 6.18. The van der Waals surface area contributed by atoms with Crippen molar-refractivity contribution in [3.05, 3.63) is 0 Å². The van der Waals surface area contributed by atoms with Crippen LogP contribution in [0, 0.1) is 23.2 Å². The van der Waals surface area contributed by atoms with E-state index in [4.69, 9.17) is 0 Å². The number of carbonyl (C=O) groups excluding carboxylic acids is 2. The molecule has 2 atom stereocenters. The van der Waals surface area contributed by atoms with Crippen LogP contribution >= 0.6 is 0 Å². The molecule has 0 heterocycles. The van der Waals surface area contributed by atoms with Crippen LogP contribution in [0.25, 0.3) is 0 Å². The van der Waals surface area contributed by atoms with Gasteiger partial charge in [-0.15, -0.1) is 0 Å². The highest BCUT2D eigenvalue weighted by atomic mass is 16.2. The standard InChI is InChI=1S/C17H28N2O2/c1-10(18-12(3)20)16(21)19-11(2)17-7-13-4-14(8-17)6-15(5-13)9-17/h10-11,13-15H,4-9H2,1-3H3,(H,18,20)(H,19,21). The minimum atomic E-state index is -0.445. The molecular weight excluding hydrogens is 264 g/mol. The molecule has 0 saturated heterocycles. The van der Waals surface area contributed by atoms with Crippen molar-refractivity contribution in [2.75, 3.05) is 0 Å². The number of nitrogens with one attached hydrogen (secondary N) is 2. The van der Waals surface area contributed by atoms with Gasteiger partial charge >= 0.3 is 0 Å². The van der Waals surface area contributed by atoms with Crippen molar-refractivity contribution in [1.82, 2.24) is 10.6 Å². The van der Waals surface area contributed by atoms with E-state index in [0.29, 0.717) is 5.41 Å². The van der Waals surface area contributed by atoms with Crippen LogP contribution in [0.3, 0.4) is 0 Å². The molecule has 4 aliphatic rings. The summed E-state index contributed by atoms with van der Waals surface area (Å²) in [5.41, 5.74) is 0.320. The number of hydrogen-bond donors (Lipinski definition) is 2. The Morgan fingerprint density at radius 2 is 1.43 bits per heavy atom. The molecule has 0 spiro atoms. The van der Waals surface area contributed by atoms with Crippen molar-refractivity contribution in [2.45, 2.75) is 71.4 Å². The van der Waals surface area contributed by atoms with Crippen LogP contribution in [-0.2, 0) is 9.59 Å². The molecule has 4 aliphatic carbocycles. The van der Waals surface area contributed by atoms with Gasteiger partial charge in [0.05, 0.1) is 0 Å². The quantitative estimate of drug-likeness (QED) is 0.835. The second-order valence-corrected chi connectivity index (χ2v) is 7.93. The first-order chi connectivity index (χ1) is 9.88. The third-order valence-corrected chi connectivity index (χ3v) is 6.18. The largest absolute Gasteiger partial charge is 0.351 e. The van der Waals surface area contributed by atoms with E-state index in [-0.39, 0.29) is 17.9 Å². The first-order valence-electron chi connectivity index (χ1n) is 8.45. The average molecular weight is 292 g/mol. The van der Waals surface area contributed by atoms with Crippen LogP contribution in [0.5, 0.6) is 0 Å². The normalized spacial score (nSPS) is 39.7. The zero-order valence-corrected chi connectivity index (χ0v) is 13.4. The predicted octanol–water partition coefficient (Wildman–Crippen LogP) is 2.23. The summed E-state index contributed by atoms with van der Waals surface area (Å²) in [4.78, 5) is 23.3. The van der Waals surface area contributed by atoms with Crippen molar-refractivity contribution in [1.29, 1.82) is 0 Å². The number of amides is 2. The van der Waals surface area contributed by atoms with Gasteiger partial charge in [-0.05, 0) is 75.5 Å². The molecular formula is C17H28N2O2. The second-order valence-electron chi connectivity index (χ2n) is 7.93. The Morgan fingerprint density at radius 3 is 1.86 bits per heavy atom. The van der Waals surface area contributed by atoms with Gasteiger partial charge in [-0.3, -0.25) is 9.59 Å². The molecule has 4 fully saturated rings. The third kappa shape index (κ3) is 2.82. The molecule has 0 aliphatic heterocycles. The van der Waals surface area contributed by atoms with E-state index in [2.05, 4.69) is 17.6 Å². The first kappa shape index (κ1) is 14.9. The van der Waals surface area contributed by atoms with E-state index < -0.39 is 6.04 Å². The SMILES string of the molecule is CC(=O)NC(C)C(=O)NC(C)C12CC3CC(CC(C3)C1)C2. The molecule has 2 amide bonds. The predicted molar refractivity (Wildman–Crippen MR) is 81.5 cm³/mol. The maximum Gasteiger partial charge on any atom is 0.242 e. The molecule has 118 valence electrons. The van der Waals surface area contributed by atoms with Crippen LogP contribution in [0.15, 0.2) is 0 Å². The Bertz CT molecular complexity index is 411. The van der Waals surface area contributed by atoms with E-state index in [0.717, 1.165) is 17.8 Å². The van der Waals surface area contributed by atoms with Crippen molar-refractivity contribution in [3.8, 4) is 0 Å². The van der Waals surface area contributed by atoms with E-state index in [9.17, 15) is 9.59 Å². The number of rotatable bonds is 4. The Hall–Kier alpha value is -1.06. The van der Waals surface area contributed by atoms with Crippen LogP contribution in [0.2, 0.25) is 0 Å². The highest BCUT2D eigenvalue weighted by Crippen LogP contribution is 2.61. The lowest BCUT2D eigenvalue weighted by Crippen LogP contribution is -2.57. The molecule has 4 saturated carbocycles. The van der Waals surface area contributed by atoms with Crippen LogP contribution in [0.4, 0.5) is 0 Å². The lowest BCUT2D eigenvalue weighted by molar-refractivity contribution is -0.130. The van der Waals surface area contributed by atoms with Gasteiger partial charge in [0, 0.05) is 13.0 Å². The van der Waals surface area contributed by atoms with Gasteiger partial charge in [0.1, 0.15) is 6.04 Å². The van der Waals surface area contributed by atoms with Crippen LogP contribution < -0.4 is 10.6 Å². The van der Waals surface area contributed by atoms with Crippen LogP contribution in [0.1, 0.15) is 59.3 Å². The van der Waals surface area contributed by atoms with E-state index in [1.807, 2.05) is 0 Å². The number of hydrogen-bond acceptors (Lipinski definition) is 2. The lowest BCUT2D eigenvalue weighted by atomic mass is 9.48. The zero-order chi connectivity index (χ0) is 15.2. The fourth-order valence-electron chi connectivity index (χ4n) is 5.57. The topological polar surface area (TPSA) is 58.2 Å². The molecule has 0 aromatic heterocycles. The van der Waals surface area contributed by atoms with E-state index >= 15 is 0 Å². The molecule has 0 radical (unpaired) electrons. The fourth-order valence-corrected chi connectivity index (χ4v) is 5.57. The van der Waals surface area contributed by atoms with Gasteiger partial charge in [-0.2, -0.15) is 0 Å². The highest BCUT2D eigenvalue weighted by Gasteiger charge is 2.53. The maximum absolute atomic E-state index is 12.3. The molecule has 4 heteroatoms. The van der Waals surface area contributed by atoms with Crippen LogP contribution in [-0.4, -0.2) is 23.9 Å². The summed E-state index contributed by atoms with van der Waals surface area (Å²) in [6, 6.07) is -0.228. The Balaban J connectivity index is 1.64. The first-order valence-corrected chi connectivity index (χ1v) is 8.45. The molecule has 0 aromatic rings. The second kappa shape index (κ2) is 5.29. The monoisotopic (exact) mass is 292 g/mol. The summed E-state index contributed by atoms with van der Waals surface area (Å²) in [6.07, 6.45) is 8.12. The fraction of sp³-hybridized carbons (Fsp3) is 0.882. The van der Waals surface area contributed by atoms with Gasteiger partial charge < -0.3 is 10.6 Å². The lowest BCUT2D eigenvalue weighted by Gasteiger charge is -2.59. The van der Waals surface area contributed by atoms with Gasteiger partial charge in [0.2, 0.25) is 11.8 Å². The summed E-state index contributed by atoms with van der Waals surface area (Å²) >= 11 is 0. The number of carbonyl (C=O) groups is 2. The molecule has 21 heavy (non-hydrogen) atoms. The van der Waals surface area contributed by atoms with Gasteiger partial charge in [0.25, 0.3) is 0 Å². The molecule has 4 bridgehead atoms. The van der Waals surface area contributed by atoms with E-state index in [1.54, 1.807) is 6.92 Å². The Morgan fingerprint density at radius 1 is 0.952 bits per heavy atom. The Labute approximate surface area is 127 Å². The van der Waals surface area contributed by atoms with Crippen molar-refractivity contribution < 1.29 is 9.59 Å². The molecule has 4 rings (SSSR count). The highest BCUT2D eigenvalue weighted by molar-refractivity contribution is 5.86. The molecule has 2 N–H and O–H groups in total. The smallest absolute Gasteiger partial charge is 0.242 e. The maximum atomic E-state index is 12.3. The average Bonchev–Trinajstić information content (AvgIpc) is 2.35. The zero-order valence-electron chi connectivity index (χ0n) is 13.4. The van der Waals surface area contributed by atoms with E-state index in [1.165, 1.54) is 45.4 Å². The summed E-state index contributed by atoms with van der Waals surface area (Å²) in [7, 11) is 0. The van der Waals surface area contributed by atoms with Crippen molar-refractivity contribution >= 4 is 11.8 Å².